The van der Waals surface area contributed by atoms with E-state index in [0.29, 0.717) is 0 Å². The van der Waals surface area contributed by atoms with Gasteiger partial charge in [0.05, 0.1) is 16.8 Å². The monoisotopic (exact) mass is 268 g/mol. The summed E-state index contributed by atoms with van der Waals surface area (Å²) in [6, 6.07) is 0. The van der Waals surface area contributed by atoms with Crippen LogP contribution in [0.25, 0.3) is 0 Å². The van der Waals surface area contributed by atoms with Crippen molar-refractivity contribution in [3.05, 3.63) is 0 Å². The van der Waals surface area contributed by atoms with Crippen LogP contribution in [-0.4, -0.2) is 30.6 Å². The second kappa shape index (κ2) is 4.78. The average molecular weight is 268 g/mol. The molecule has 0 aliphatic carbocycles. The van der Waals surface area contributed by atoms with E-state index in [4.69, 9.17) is 14.0 Å². The summed E-state index contributed by atoms with van der Waals surface area (Å²) in [7, 11) is -0.313. The molecule has 0 aromatic rings. The van der Waals surface area contributed by atoms with Gasteiger partial charge in [-0.15, -0.1) is 0 Å². The molecule has 110 valence electrons. The van der Waals surface area contributed by atoms with Gasteiger partial charge in [-0.25, -0.2) is 0 Å². The Morgan fingerprint density at radius 3 is 1.58 bits per heavy atom. The largest absolute Gasteiger partial charge is 0.446 e. The van der Waals surface area contributed by atoms with Gasteiger partial charge in [0, 0.05) is 0 Å². The van der Waals surface area contributed by atoms with E-state index in [2.05, 4.69) is 62.3 Å². The van der Waals surface area contributed by atoms with E-state index in [9.17, 15) is 0 Å². The Morgan fingerprint density at radius 1 is 0.895 bits per heavy atom. The first kappa shape index (κ1) is 17.1. The molecule has 0 bridgehead atoms. The average Bonchev–Trinajstić information content (AvgIpc) is 2.33. The van der Waals surface area contributed by atoms with Gasteiger partial charge < -0.3 is 14.0 Å². The summed E-state index contributed by atoms with van der Waals surface area (Å²) >= 11 is 0. The van der Waals surface area contributed by atoms with E-state index < -0.39 is 0 Å². The minimum Gasteiger partial charge on any atom is -0.432 e. The van der Waals surface area contributed by atoms with Crippen LogP contribution in [0.2, 0.25) is 6.82 Å². The van der Waals surface area contributed by atoms with Crippen LogP contribution in [-0.2, 0) is 14.0 Å². The molecule has 1 fully saturated rings. The van der Waals surface area contributed by atoms with Crippen LogP contribution in [0.4, 0.5) is 0 Å². The molecule has 3 nitrogen and oxygen atoms in total. The van der Waals surface area contributed by atoms with Crippen molar-refractivity contribution < 1.29 is 14.0 Å². The van der Waals surface area contributed by atoms with Gasteiger partial charge in [-0.2, -0.15) is 0 Å². The van der Waals surface area contributed by atoms with E-state index in [1.807, 2.05) is 6.82 Å². The highest BCUT2D eigenvalue weighted by Crippen LogP contribution is 2.39. The zero-order valence-corrected chi connectivity index (χ0v) is 14.4. The molecule has 1 heterocycles. The maximum Gasteiger partial charge on any atom is 0.446 e. The van der Waals surface area contributed by atoms with Crippen molar-refractivity contribution >= 4 is 13.8 Å². The van der Waals surface area contributed by atoms with E-state index >= 15 is 0 Å². The topological polar surface area (TPSA) is 27.7 Å². The van der Waals surface area contributed by atoms with Crippen LogP contribution >= 0.6 is 0 Å². The van der Waals surface area contributed by atoms with Gasteiger partial charge in [0.25, 0.3) is 0 Å². The lowest BCUT2D eigenvalue weighted by Gasteiger charge is -2.41. The molecule has 0 N–H and O–H groups in total. The minimum absolute atomic E-state index is 0.0604. The molecule has 1 aliphatic rings. The SMILES string of the molecule is CB(OC(C)(C)C(C)(C)C)B1OC(C)(C)C(C)(C)O1. The summed E-state index contributed by atoms with van der Waals surface area (Å²) in [4.78, 5) is 0. The third-order valence-corrected chi connectivity index (χ3v) is 4.94. The first-order valence-corrected chi connectivity index (χ1v) is 7.23. The highest BCUT2D eigenvalue weighted by atomic mass is 16.7. The Morgan fingerprint density at radius 2 is 1.26 bits per heavy atom. The summed E-state index contributed by atoms with van der Waals surface area (Å²) in [5.41, 5.74) is -0.788. The third-order valence-electron chi connectivity index (χ3n) is 4.94. The molecule has 0 unspecified atom stereocenters. The molecule has 5 heteroatoms. The summed E-state index contributed by atoms with van der Waals surface area (Å²) < 4.78 is 18.3. The Bertz CT molecular complexity index is 316. The maximum atomic E-state index is 6.22. The molecule has 0 amide bonds. The third kappa shape index (κ3) is 3.37. The molecule has 0 atom stereocenters. The molecule has 0 aromatic carbocycles. The lowest BCUT2D eigenvalue weighted by Crippen LogP contribution is -2.49. The van der Waals surface area contributed by atoms with Crippen molar-refractivity contribution in [3.63, 3.8) is 0 Å². The Hall–Kier alpha value is 0.00987. The molecule has 1 saturated heterocycles. The van der Waals surface area contributed by atoms with Crippen LogP contribution in [0.5, 0.6) is 0 Å². The van der Waals surface area contributed by atoms with Crippen molar-refractivity contribution in [2.45, 2.75) is 85.9 Å². The molecule has 0 spiro atoms. The van der Waals surface area contributed by atoms with E-state index in [-0.39, 0.29) is 36.0 Å². The van der Waals surface area contributed by atoms with Gasteiger partial charge >= 0.3 is 13.8 Å². The fourth-order valence-electron chi connectivity index (χ4n) is 1.78. The standard InChI is InChI=1S/C14H30B2O3/c1-11(2,3)12(4,5)17-15(10)16-18-13(6,7)14(8,9)19-16/h1-10H3. The fraction of sp³-hybridized carbons (Fsp3) is 1.00. The molecule has 0 aromatic heterocycles. The molecule has 1 rings (SSSR count). The summed E-state index contributed by atoms with van der Waals surface area (Å²) in [5.74, 6) is 0. The number of hydrogen-bond donors (Lipinski definition) is 0. The maximum absolute atomic E-state index is 6.22. The highest BCUT2D eigenvalue weighted by molar-refractivity contribution is 7.13. The summed E-state index contributed by atoms with van der Waals surface area (Å²) in [6.45, 7) is 21.0. The second-order valence-corrected chi connectivity index (χ2v) is 8.21. The Kier molecular flexibility index (Phi) is 4.29. The quantitative estimate of drug-likeness (QED) is 0.731. The van der Waals surface area contributed by atoms with Gasteiger partial charge in [-0.05, 0) is 47.0 Å². The molecule has 19 heavy (non-hydrogen) atoms. The van der Waals surface area contributed by atoms with Gasteiger partial charge in [0.1, 0.15) is 0 Å². The van der Waals surface area contributed by atoms with E-state index in [1.54, 1.807) is 0 Å². The Labute approximate surface area is 120 Å². The minimum atomic E-state index is -0.313. The van der Waals surface area contributed by atoms with Crippen LogP contribution in [0.3, 0.4) is 0 Å². The van der Waals surface area contributed by atoms with Crippen LogP contribution in [0.15, 0.2) is 0 Å². The Balaban J connectivity index is 2.75. The lowest BCUT2D eigenvalue weighted by atomic mass is 9.37. The van der Waals surface area contributed by atoms with E-state index in [0.717, 1.165) is 0 Å². The van der Waals surface area contributed by atoms with E-state index in [1.165, 1.54) is 0 Å². The number of hydrogen-bond acceptors (Lipinski definition) is 3. The predicted molar refractivity (Wildman–Crippen MR) is 82.3 cm³/mol. The van der Waals surface area contributed by atoms with Crippen LogP contribution in [0, 0.1) is 5.41 Å². The highest BCUT2D eigenvalue weighted by Gasteiger charge is 2.55. The predicted octanol–water partition coefficient (Wildman–Crippen LogP) is 3.62. The van der Waals surface area contributed by atoms with Crippen molar-refractivity contribution in [1.29, 1.82) is 0 Å². The number of rotatable bonds is 3. The van der Waals surface area contributed by atoms with Crippen molar-refractivity contribution in [2.75, 3.05) is 0 Å². The first-order valence-electron chi connectivity index (χ1n) is 7.23. The van der Waals surface area contributed by atoms with Crippen LogP contribution < -0.4 is 0 Å². The smallest absolute Gasteiger partial charge is 0.432 e. The van der Waals surface area contributed by atoms with Crippen LogP contribution in [0.1, 0.15) is 62.3 Å². The summed E-state index contributed by atoms with van der Waals surface area (Å²) in [5, 5.41) is 0. The van der Waals surface area contributed by atoms with Gasteiger partial charge in [-0.3, -0.25) is 0 Å². The molecular weight excluding hydrogens is 238 g/mol. The van der Waals surface area contributed by atoms with Crippen molar-refractivity contribution in [1.82, 2.24) is 0 Å². The van der Waals surface area contributed by atoms with Gasteiger partial charge in [0.2, 0.25) is 0 Å². The zero-order chi connectivity index (χ0) is 15.3. The summed E-state index contributed by atoms with van der Waals surface area (Å²) in [6.07, 6.45) is 0. The second-order valence-electron chi connectivity index (χ2n) is 8.21. The zero-order valence-electron chi connectivity index (χ0n) is 14.4. The molecular formula is C14H30B2O3. The fourth-order valence-corrected chi connectivity index (χ4v) is 1.78. The van der Waals surface area contributed by atoms with Gasteiger partial charge in [0.15, 0.2) is 0 Å². The van der Waals surface area contributed by atoms with Crippen molar-refractivity contribution in [3.8, 4) is 0 Å². The first-order chi connectivity index (χ1) is 8.20. The molecule has 0 radical (unpaired) electrons. The lowest BCUT2D eigenvalue weighted by molar-refractivity contribution is -0.000261. The normalized spacial score (nSPS) is 22.7. The molecule has 1 aliphatic heterocycles. The van der Waals surface area contributed by atoms with Gasteiger partial charge in [-0.1, -0.05) is 27.6 Å². The molecule has 0 saturated carbocycles. The van der Waals surface area contributed by atoms with Crippen molar-refractivity contribution in [2.24, 2.45) is 5.41 Å².